The highest BCUT2D eigenvalue weighted by Crippen LogP contribution is 2.16. The van der Waals surface area contributed by atoms with Gasteiger partial charge < -0.3 is 14.5 Å². The van der Waals surface area contributed by atoms with Crippen LogP contribution < -0.4 is 10.1 Å². The van der Waals surface area contributed by atoms with Crippen LogP contribution in [0.3, 0.4) is 0 Å². The number of carbonyl (C=O) groups excluding carboxylic acids is 1. The molecule has 0 atom stereocenters. The minimum atomic E-state index is -0.241. The molecule has 0 bridgehead atoms. The molecule has 3 rings (SSSR count). The first-order valence-corrected chi connectivity index (χ1v) is 10.2. The number of rotatable bonds is 10. The number of aryl methyl sites for hydroxylation is 3. The Labute approximate surface area is 175 Å². The van der Waals surface area contributed by atoms with Gasteiger partial charge in [0.15, 0.2) is 5.76 Å². The lowest BCUT2D eigenvalue weighted by molar-refractivity contribution is 0.0920. The molecule has 1 N–H and O–H groups in total. The summed E-state index contributed by atoms with van der Waals surface area (Å²) in [5.74, 6) is 1.42. The van der Waals surface area contributed by atoms with Gasteiger partial charge >= 0.3 is 0 Å². The van der Waals surface area contributed by atoms with Crippen molar-refractivity contribution in [1.82, 2.24) is 15.1 Å². The molecular weight excluding hydrogens is 390 g/mol. The van der Waals surface area contributed by atoms with Gasteiger partial charge in [0.25, 0.3) is 5.91 Å². The highest BCUT2D eigenvalue weighted by Gasteiger charge is 2.11. The van der Waals surface area contributed by atoms with E-state index >= 15 is 0 Å². The molecule has 2 aromatic heterocycles. The maximum absolute atomic E-state index is 12.2. The van der Waals surface area contributed by atoms with Crippen LogP contribution in [0.15, 0.2) is 47.0 Å². The summed E-state index contributed by atoms with van der Waals surface area (Å²) in [4.78, 5) is 12.2. The normalized spacial score (nSPS) is 10.9. The van der Waals surface area contributed by atoms with Crippen LogP contribution in [0.1, 0.15) is 47.3 Å². The van der Waals surface area contributed by atoms with Gasteiger partial charge in [-0.25, -0.2) is 0 Å². The van der Waals surface area contributed by atoms with Crippen molar-refractivity contribution in [2.45, 2.75) is 46.3 Å². The summed E-state index contributed by atoms with van der Waals surface area (Å²) in [6.07, 6.45) is 4.71. The first kappa shape index (κ1) is 21.0. The van der Waals surface area contributed by atoms with Crippen LogP contribution in [0.2, 0.25) is 5.02 Å². The third-order valence-corrected chi connectivity index (χ3v) is 4.84. The van der Waals surface area contributed by atoms with E-state index in [0.29, 0.717) is 23.9 Å². The SMILES string of the molecule is CCCc1ccc(OCc2ccc(C(=O)NCCCn3cc(Cl)c(C)n3)o2)cc1. The lowest BCUT2D eigenvalue weighted by Crippen LogP contribution is -2.24. The molecule has 1 amide bonds. The van der Waals surface area contributed by atoms with Gasteiger partial charge in [-0.05, 0) is 49.6 Å². The third-order valence-electron chi connectivity index (χ3n) is 4.46. The summed E-state index contributed by atoms with van der Waals surface area (Å²) in [6.45, 7) is 5.50. The zero-order chi connectivity index (χ0) is 20.6. The van der Waals surface area contributed by atoms with E-state index in [9.17, 15) is 4.79 Å². The van der Waals surface area contributed by atoms with Crippen LogP contribution in [-0.4, -0.2) is 22.2 Å². The minimum absolute atomic E-state index is 0.241. The molecule has 0 unspecified atom stereocenters. The van der Waals surface area contributed by atoms with Crippen LogP contribution in [0, 0.1) is 6.92 Å². The second kappa shape index (κ2) is 10.2. The average Bonchev–Trinajstić information content (AvgIpc) is 3.31. The number of nitrogens with zero attached hydrogens (tertiary/aromatic N) is 2. The van der Waals surface area contributed by atoms with E-state index in [0.717, 1.165) is 30.7 Å². The zero-order valence-corrected chi connectivity index (χ0v) is 17.5. The van der Waals surface area contributed by atoms with Gasteiger partial charge in [-0.2, -0.15) is 5.10 Å². The van der Waals surface area contributed by atoms with Crippen LogP contribution in [0.5, 0.6) is 5.75 Å². The summed E-state index contributed by atoms with van der Waals surface area (Å²) in [5.41, 5.74) is 2.10. The van der Waals surface area contributed by atoms with Crippen LogP contribution in [0.4, 0.5) is 0 Å². The van der Waals surface area contributed by atoms with Gasteiger partial charge in [0, 0.05) is 19.3 Å². The number of benzene rings is 1. The molecule has 0 radical (unpaired) electrons. The molecule has 0 saturated heterocycles. The average molecular weight is 416 g/mol. The predicted molar refractivity (Wildman–Crippen MR) is 112 cm³/mol. The molecule has 29 heavy (non-hydrogen) atoms. The van der Waals surface area contributed by atoms with E-state index in [2.05, 4.69) is 29.5 Å². The molecule has 7 heteroatoms. The number of furan rings is 1. The van der Waals surface area contributed by atoms with E-state index in [1.54, 1.807) is 23.0 Å². The number of nitrogens with one attached hydrogen (secondary N) is 1. The Balaban J connectivity index is 1.40. The van der Waals surface area contributed by atoms with Gasteiger partial charge in [0.1, 0.15) is 18.1 Å². The van der Waals surface area contributed by atoms with Crippen molar-refractivity contribution in [3.05, 3.63) is 70.4 Å². The second-order valence-electron chi connectivity index (χ2n) is 6.88. The number of hydrogen-bond acceptors (Lipinski definition) is 4. The molecule has 6 nitrogen and oxygen atoms in total. The van der Waals surface area contributed by atoms with Crippen molar-refractivity contribution >= 4 is 17.5 Å². The van der Waals surface area contributed by atoms with Crippen LogP contribution in [-0.2, 0) is 19.6 Å². The second-order valence-corrected chi connectivity index (χ2v) is 7.29. The molecule has 2 heterocycles. The highest BCUT2D eigenvalue weighted by molar-refractivity contribution is 6.31. The Hall–Kier alpha value is -2.73. The fourth-order valence-corrected chi connectivity index (χ4v) is 3.06. The number of ether oxygens (including phenoxy) is 1. The van der Waals surface area contributed by atoms with Crippen molar-refractivity contribution in [3.63, 3.8) is 0 Å². The Morgan fingerprint density at radius 2 is 2.03 bits per heavy atom. The Morgan fingerprint density at radius 3 is 2.72 bits per heavy atom. The molecule has 0 spiro atoms. The Kier molecular flexibility index (Phi) is 7.36. The Morgan fingerprint density at radius 1 is 1.24 bits per heavy atom. The fraction of sp³-hybridized carbons (Fsp3) is 0.364. The maximum Gasteiger partial charge on any atom is 0.286 e. The van der Waals surface area contributed by atoms with Crippen molar-refractivity contribution in [2.75, 3.05) is 6.54 Å². The number of hydrogen-bond donors (Lipinski definition) is 1. The smallest absolute Gasteiger partial charge is 0.286 e. The lowest BCUT2D eigenvalue weighted by atomic mass is 10.1. The van der Waals surface area contributed by atoms with E-state index in [1.165, 1.54) is 5.56 Å². The van der Waals surface area contributed by atoms with E-state index in [-0.39, 0.29) is 18.3 Å². The maximum atomic E-state index is 12.2. The van der Waals surface area contributed by atoms with Crippen molar-refractivity contribution in [3.8, 4) is 5.75 Å². The van der Waals surface area contributed by atoms with Crippen molar-refractivity contribution < 1.29 is 13.9 Å². The summed E-state index contributed by atoms with van der Waals surface area (Å²) < 4.78 is 13.1. The quantitative estimate of drug-likeness (QED) is 0.483. The van der Waals surface area contributed by atoms with Gasteiger partial charge in [-0.3, -0.25) is 9.48 Å². The summed E-state index contributed by atoms with van der Waals surface area (Å²) in [6, 6.07) is 11.5. The van der Waals surface area contributed by atoms with E-state index in [1.807, 2.05) is 19.1 Å². The molecule has 154 valence electrons. The topological polar surface area (TPSA) is 69.3 Å². The lowest BCUT2D eigenvalue weighted by Gasteiger charge is -2.06. The van der Waals surface area contributed by atoms with Crippen LogP contribution >= 0.6 is 11.6 Å². The first-order chi connectivity index (χ1) is 14.0. The van der Waals surface area contributed by atoms with Gasteiger partial charge in [0.05, 0.1) is 10.7 Å². The highest BCUT2D eigenvalue weighted by atomic mass is 35.5. The summed E-state index contributed by atoms with van der Waals surface area (Å²) >= 11 is 5.98. The van der Waals surface area contributed by atoms with Gasteiger partial charge in [-0.15, -0.1) is 0 Å². The van der Waals surface area contributed by atoms with Crippen LogP contribution in [0.25, 0.3) is 0 Å². The molecule has 1 aromatic carbocycles. The third kappa shape index (κ3) is 6.12. The molecule has 0 aliphatic rings. The van der Waals surface area contributed by atoms with Crippen molar-refractivity contribution in [2.24, 2.45) is 0 Å². The molecule has 0 saturated carbocycles. The summed E-state index contributed by atoms with van der Waals surface area (Å²) in [7, 11) is 0. The standard InChI is InChI=1S/C22H26ClN3O3/c1-3-5-17-6-8-18(9-7-17)28-15-19-10-11-21(29-19)22(27)24-12-4-13-26-14-20(23)16(2)25-26/h6-11,14H,3-5,12-13,15H2,1-2H3,(H,24,27). The molecule has 0 aliphatic carbocycles. The largest absolute Gasteiger partial charge is 0.486 e. The molecule has 0 aliphatic heterocycles. The number of aromatic nitrogens is 2. The molecule has 0 fully saturated rings. The number of carbonyl (C=O) groups is 1. The number of halogens is 1. The molecule has 3 aromatic rings. The Bertz CT molecular complexity index is 912. The van der Waals surface area contributed by atoms with E-state index in [4.69, 9.17) is 20.8 Å². The van der Waals surface area contributed by atoms with E-state index < -0.39 is 0 Å². The molecular formula is C22H26ClN3O3. The van der Waals surface area contributed by atoms with Gasteiger partial charge in [0.2, 0.25) is 0 Å². The first-order valence-electron chi connectivity index (χ1n) is 9.83. The van der Waals surface area contributed by atoms with Gasteiger partial charge in [-0.1, -0.05) is 37.1 Å². The predicted octanol–water partition coefficient (Wildman–Crippen LogP) is 4.79. The zero-order valence-electron chi connectivity index (χ0n) is 16.8. The number of amides is 1. The fourth-order valence-electron chi connectivity index (χ4n) is 2.91. The summed E-state index contributed by atoms with van der Waals surface area (Å²) in [5, 5.41) is 7.78. The van der Waals surface area contributed by atoms with Crippen molar-refractivity contribution in [1.29, 1.82) is 0 Å². The minimum Gasteiger partial charge on any atom is -0.486 e. The monoisotopic (exact) mass is 415 g/mol.